The van der Waals surface area contributed by atoms with Crippen LogP contribution in [0, 0.1) is 5.41 Å². The zero-order valence-electron chi connectivity index (χ0n) is 12.8. The van der Waals surface area contributed by atoms with Gasteiger partial charge in [-0.1, -0.05) is 26.8 Å². The minimum atomic E-state index is -0.902. The first-order valence-electron chi connectivity index (χ1n) is 6.76. The number of carbonyl (C=O) groups is 1. The molecular weight excluding hydrogens is 320 g/mol. The maximum Gasteiger partial charge on any atom is 0.312 e. The summed E-state index contributed by atoms with van der Waals surface area (Å²) >= 11 is 3.50. The van der Waals surface area contributed by atoms with E-state index < -0.39 is 11.4 Å². The standard InChI is InChI=1S/C16H23BrO3/c1-6-15(2,3)11-7-8-13(12(17)9-11)20-10-16(4,5)14(18)19/h7-9H,6,10H2,1-5H3,(H,18,19). The summed E-state index contributed by atoms with van der Waals surface area (Å²) in [6.45, 7) is 9.99. The molecule has 0 aliphatic carbocycles. The van der Waals surface area contributed by atoms with Crippen LogP contribution >= 0.6 is 15.9 Å². The Balaban J connectivity index is 2.87. The molecule has 0 saturated heterocycles. The van der Waals surface area contributed by atoms with E-state index in [1.807, 2.05) is 18.2 Å². The van der Waals surface area contributed by atoms with Crippen molar-refractivity contribution in [3.8, 4) is 5.75 Å². The molecule has 20 heavy (non-hydrogen) atoms. The lowest BCUT2D eigenvalue weighted by Gasteiger charge is -2.25. The van der Waals surface area contributed by atoms with Crippen molar-refractivity contribution in [1.82, 2.24) is 0 Å². The van der Waals surface area contributed by atoms with Crippen molar-refractivity contribution in [2.45, 2.75) is 46.5 Å². The fourth-order valence-electron chi connectivity index (χ4n) is 1.56. The third kappa shape index (κ3) is 3.98. The summed E-state index contributed by atoms with van der Waals surface area (Å²) in [5, 5.41) is 9.08. The Hall–Kier alpha value is -1.03. The number of hydrogen-bond acceptors (Lipinski definition) is 2. The highest BCUT2D eigenvalue weighted by molar-refractivity contribution is 9.10. The van der Waals surface area contributed by atoms with Gasteiger partial charge in [0.1, 0.15) is 12.4 Å². The molecule has 1 N–H and O–H groups in total. The highest BCUT2D eigenvalue weighted by Gasteiger charge is 2.28. The average molecular weight is 343 g/mol. The zero-order chi connectivity index (χ0) is 15.6. The summed E-state index contributed by atoms with van der Waals surface area (Å²) in [5.41, 5.74) is 0.444. The van der Waals surface area contributed by atoms with E-state index in [-0.39, 0.29) is 12.0 Å². The van der Waals surface area contributed by atoms with Crippen molar-refractivity contribution < 1.29 is 14.6 Å². The Morgan fingerprint density at radius 3 is 2.35 bits per heavy atom. The Morgan fingerprint density at radius 2 is 1.90 bits per heavy atom. The normalized spacial score (nSPS) is 12.3. The number of carboxylic acid groups (broad SMARTS) is 1. The van der Waals surface area contributed by atoms with E-state index in [4.69, 9.17) is 9.84 Å². The molecule has 0 fully saturated rings. The van der Waals surface area contributed by atoms with Gasteiger partial charge >= 0.3 is 5.97 Å². The largest absolute Gasteiger partial charge is 0.491 e. The summed E-state index contributed by atoms with van der Waals surface area (Å²) in [4.78, 5) is 11.1. The van der Waals surface area contributed by atoms with Crippen LogP contribution < -0.4 is 4.74 Å². The number of benzene rings is 1. The lowest BCUT2D eigenvalue weighted by atomic mass is 9.82. The first-order valence-corrected chi connectivity index (χ1v) is 7.55. The summed E-state index contributed by atoms with van der Waals surface area (Å²) in [6, 6.07) is 5.98. The van der Waals surface area contributed by atoms with Crippen LogP contribution in [0.3, 0.4) is 0 Å². The van der Waals surface area contributed by atoms with E-state index in [2.05, 4.69) is 36.7 Å². The summed E-state index contributed by atoms with van der Waals surface area (Å²) in [6.07, 6.45) is 1.05. The minimum Gasteiger partial charge on any atom is -0.491 e. The van der Waals surface area contributed by atoms with E-state index in [1.54, 1.807) is 13.8 Å². The molecule has 112 valence electrons. The molecule has 0 amide bonds. The fraction of sp³-hybridized carbons (Fsp3) is 0.562. The molecule has 1 aromatic rings. The van der Waals surface area contributed by atoms with Gasteiger partial charge in [-0.2, -0.15) is 0 Å². The second kappa shape index (κ2) is 6.17. The van der Waals surface area contributed by atoms with Gasteiger partial charge in [0.2, 0.25) is 0 Å². The van der Waals surface area contributed by atoms with Crippen molar-refractivity contribution in [2.75, 3.05) is 6.61 Å². The van der Waals surface area contributed by atoms with Gasteiger partial charge in [-0.3, -0.25) is 4.79 Å². The maximum atomic E-state index is 11.1. The number of carboxylic acids is 1. The Morgan fingerprint density at radius 1 is 1.30 bits per heavy atom. The van der Waals surface area contributed by atoms with Gasteiger partial charge in [-0.25, -0.2) is 0 Å². The minimum absolute atomic E-state index is 0.112. The molecule has 3 nitrogen and oxygen atoms in total. The van der Waals surface area contributed by atoms with Gasteiger partial charge < -0.3 is 9.84 Å². The van der Waals surface area contributed by atoms with Gasteiger partial charge in [0.25, 0.3) is 0 Å². The first-order chi connectivity index (χ1) is 9.10. The lowest BCUT2D eigenvalue weighted by molar-refractivity contribution is -0.148. The van der Waals surface area contributed by atoms with Crippen LogP contribution in [0.1, 0.15) is 46.6 Å². The Kier molecular flexibility index (Phi) is 5.25. The molecule has 0 atom stereocenters. The van der Waals surface area contributed by atoms with Crippen LogP contribution in [-0.4, -0.2) is 17.7 Å². The molecule has 0 aromatic heterocycles. The van der Waals surface area contributed by atoms with E-state index in [1.165, 1.54) is 5.56 Å². The van der Waals surface area contributed by atoms with Crippen LogP contribution in [0.4, 0.5) is 0 Å². The maximum absolute atomic E-state index is 11.1. The molecule has 0 aliphatic heterocycles. The van der Waals surface area contributed by atoms with Gasteiger partial charge in [0.05, 0.1) is 9.89 Å². The number of hydrogen-bond donors (Lipinski definition) is 1. The van der Waals surface area contributed by atoms with Crippen molar-refractivity contribution >= 4 is 21.9 Å². The van der Waals surface area contributed by atoms with Gasteiger partial charge in [-0.05, 0) is 59.3 Å². The molecule has 0 bridgehead atoms. The highest BCUT2D eigenvalue weighted by atomic mass is 79.9. The molecule has 0 unspecified atom stereocenters. The summed E-state index contributed by atoms with van der Waals surface area (Å²) in [5.74, 6) is -0.188. The van der Waals surface area contributed by atoms with Crippen molar-refractivity contribution in [2.24, 2.45) is 5.41 Å². The SMILES string of the molecule is CCC(C)(C)c1ccc(OCC(C)(C)C(=O)O)c(Br)c1. The van der Waals surface area contributed by atoms with Crippen molar-refractivity contribution in [3.63, 3.8) is 0 Å². The first kappa shape index (κ1) is 17.0. The summed E-state index contributed by atoms with van der Waals surface area (Å²) in [7, 11) is 0. The van der Waals surface area contributed by atoms with E-state index in [0.29, 0.717) is 5.75 Å². The molecular formula is C16H23BrO3. The van der Waals surface area contributed by atoms with Crippen molar-refractivity contribution in [1.29, 1.82) is 0 Å². The molecule has 1 aromatic carbocycles. The zero-order valence-corrected chi connectivity index (χ0v) is 14.4. The van der Waals surface area contributed by atoms with Gasteiger partial charge in [-0.15, -0.1) is 0 Å². The quantitative estimate of drug-likeness (QED) is 0.819. The highest BCUT2D eigenvalue weighted by Crippen LogP contribution is 2.34. The predicted octanol–water partition coefficient (Wildman–Crippen LogP) is 4.63. The topological polar surface area (TPSA) is 46.5 Å². The molecule has 1 rings (SSSR count). The van der Waals surface area contributed by atoms with E-state index in [9.17, 15) is 4.79 Å². The van der Waals surface area contributed by atoms with Gasteiger partial charge in [0.15, 0.2) is 0 Å². The molecule has 0 saturated carbocycles. The van der Waals surface area contributed by atoms with Crippen LogP contribution in [0.5, 0.6) is 5.75 Å². The number of rotatable bonds is 6. The monoisotopic (exact) mass is 342 g/mol. The fourth-order valence-corrected chi connectivity index (χ4v) is 2.06. The van der Waals surface area contributed by atoms with Crippen molar-refractivity contribution in [3.05, 3.63) is 28.2 Å². The predicted molar refractivity (Wildman–Crippen MR) is 84.4 cm³/mol. The lowest BCUT2D eigenvalue weighted by Crippen LogP contribution is -2.30. The second-order valence-corrected chi connectivity index (χ2v) is 7.21. The molecule has 0 heterocycles. The number of aliphatic carboxylic acids is 1. The number of ether oxygens (including phenoxy) is 1. The van der Waals surface area contributed by atoms with Crippen LogP contribution in [0.15, 0.2) is 22.7 Å². The second-order valence-electron chi connectivity index (χ2n) is 6.36. The number of halogens is 1. The summed E-state index contributed by atoms with van der Waals surface area (Å²) < 4.78 is 6.50. The van der Waals surface area contributed by atoms with E-state index >= 15 is 0 Å². The van der Waals surface area contributed by atoms with Crippen LogP contribution in [0.25, 0.3) is 0 Å². The Labute approximate surface area is 129 Å². The third-order valence-corrected chi connectivity index (χ3v) is 4.38. The van der Waals surface area contributed by atoms with Gasteiger partial charge in [0, 0.05) is 0 Å². The molecule has 4 heteroatoms. The smallest absolute Gasteiger partial charge is 0.312 e. The molecule has 0 spiro atoms. The van der Waals surface area contributed by atoms with Crippen LogP contribution in [-0.2, 0) is 10.2 Å². The average Bonchev–Trinajstić information content (AvgIpc) is 2.37. The molecule has 0 radical (unpaired) electrons. The van der Waals surface area contributed by atoms with E-state index in [0.717, 1.165) is 10.9 Å². The van der Waals surface area contributed by atoms with Crippen LogP contribution in [0.2, 0.25) is 0 Å². The molecule has 0 aliphatic rings. The Bertz CT molecular complexity index is 492. The third-order valence-electron chi connectivity index (χ3n) is 3.76.